The fourth-order valence-electron chi connectivity index (χ4n) is 1.25. The summed E-state index contributed by atoms with van der Waals surface area (Å²) in [7, 11) is 0. The van der Waals surface area contributed by atoms with Gasteiger partial charge in [-0.1, -0.05) is 0 Å². The molecule has 1 aromatic carbocycles. The standard InChI is InChI=1S/C9H9NO3/c10-7-4-9(12)13-8-3-5(11)1-2-6(7)8/h1-4,9,11-12H,10H2. The van der Waals surface area contributed by atoms with Crippen molar-refractivity contribution in [2.24, 2.45) is 5.73 Å². The Kier molecular flexibility index (Phi) is 1.63. The van der Waals surface area contributed by atoms with Gasteiger partial charge < -0.3 is 20.7 Å². The van der Waals surface area contributed by atoms with Crippen LogP contribution in [0.3, 0.4) is 0 Å². The van der Waals surface area contributed by atoms with Crippen LogP contribution >= 0.6 is 0 Å². The average Bonchev–Trinajstić information content (AvgIpc) is 2.02. The summed E-state index contributed by atoms with van der Waals surface area (Å²) in [6.45, 7) is 0. The lowest BCUT2D eigenvalue weighted by molar-refractivity contribution is 0.0223. The quantitative estimate of drug-likeness (QED) is 0.539. The smallest absolute Gasteiger partial charge is 0.219 e. The highest BCUT2D eigenvalue weighted by Gasteiger charge is 2.16. The van der Waals surface area contributed by atoms with Crippen molar-refractivity contribution in [3.63, 3.8) is 0 Å². The van der Waals surface area contributed by atoms with Crippen LogP contribution in [-0.4, -0.2) is 16.5 Å². The second kappa shape index (κ2) is 2.67. The van der Waals surface area contributed by atoms with E-state index in [9.17, 15) is 0 Å². The van der Waals surface area contributed by atoms with Gasteiger partial charge in [0.15, 0.2) is 0 Å². The van der Waals surface area contributed by atoms with Gasteiger partial charge in [-0.05, 0) is 12.1 Å². The first-order chi connectivity index (χ1) is 6.16. The van der Waals surface area contributed by atoms with E-state index in [1.54, 1.807) is 6.07 Å². The molecule has 0 aliphatic carbocycles. The van der Waals surface area contributed by atoms with E-state index < -0.39 is 6.29 Å². The fraction of sp³-hybridized carbons (Fsp3) is 0.111. The van der Waals surface area contributed by atoms with Crippen LogP contribution in [0.4, 0.5) is 0 Å². The maximum absolute atomic E-state index is 9.16. The third-order valence-electron chi connectivity index (χ3n) is 1.85. The molecule has 13 heavy (non-hydrogen) atoms. The normalized spacial score (nSPS) is 20.1. The molecule has 1 aromatic rings. The molecule has 0 aromatic heterocycles. The molecule has 1 atom stereocenters. The molecule has 0 amide bonds. The largest absolute Gasteiger partial charge is 0.508 e. The van der Waals surface area contributed by atoms with Crippen molar-refractivity contribution in [3.05, 3.63) is 29.8 Å². The number of aliphatic hydroxyl groups is 1. The highest BCUT2D eigenvalue weighted by atomic mass is 16.6. The minimum absolute atomic E-state index is 0.0839. The highest BCUT2D eigenvalue weighted by Crippen LogP contribution is 2.31. The molecule has 0 spiro atoms. The third kappa shape index (κ3) is 1.31. The van der Waals surface area contributed by atoms with Crippen LogP contribution in [0.1, 0.15) is 5.56 Å². The summed E-state index contributed by atoms with van der Waals surface area (Å²) in [5, 5.41) is 18.3. The van der Waals surface area contributed by atoms with Crippen LogP contribution in [0, 0.1) is 0 Å². The van der Waals surface area contributed by atoms with Crippen molar-refractivity contribution in [1.29, 1.82) is 0 Å². The monoisotopic (exact) mass is 179 g/mol. The van der Waals surface area contributed by atoms with E-state index in [0.717, 1.165) is 0 Å². The Balaban J connectivity index is 2.54. The van der Waals surface area contributed by atoms with Gasteiger partial charge in [0.2, 0.25) is 6.29 Å². The first-order valence-corrected chi connectivity index (χ1v) is 3.82. The fourth-order valence-corrected chi connectivity index (χ4v) is 1.25. The Bertz CT molecular complexity index is 373. The number of aliphatic hydroxyl groups excluding tert-OH is 1. The topological polar surface area (TPSA) is 75.7 Å². The summed E-state index contributed by atoms with van der Waals surface area (Å²) in [5.41, 5.74) is 6.76. The number of rotatable bonds is 0. The predicted molar refractivity (Wildman–Crippen MR) is 46.9 cm³/mol. The zero-order chi connectivity index (χ0) is 9.42. The van der Waals surface area contributed by atoms with Gasteiger partial charge in [-0.15, -0.1) is 0 Å². The molecule has 68 valence electrons. The number of nitrogens with two attached hydrogens (primary N) is 1. The Morgan fingerprint density at radius 2 is 2.15 bits per heavy atom. The number of ether oxygens (including phenoxy) is 1. The van der Waals surface area contributed by atoms with Gasteiger partial charge in [0.25, 0.3) is 0 Å². The zero-order valence-corrected chi connectivity index (χ0v) is 6.77. The van der Waals surface area contributed by atoms with Crippen molar-refractivity contribution in [2.45, 2.75) is 6.29 Å². The van der Waals surface area contributed by atoms with Gasteiger partial charge >= 0.3 is 0 Å². The summed E-state index contributed by atoms with van der Waals surface area (Å²) >= 11 is 0. The lowest BCUT2D eigenvalue weighted by Gasteiger charge is -2.19. The summed E-state index contributed by atoms with van der Waals surface area (Å²) in [4.78, 5) is 0. The van der Waals surface area contributed by atoms with E-state index in [1.807, 2.05) is 0 Å². The number of aromatic hydroxyl groups is 1. The minimum Gasteiger partial charge on any atom is -0.508 e. The van der Waals surface area contributed by atoms with Crippen molar-refractivity contribution < 1.29 is 14.9 Å². The molecule has 0 radical (unpaired) electrons. The van der Waals surface area contributed by atoms with E-state index >= 15 is 0 Å². The van der Waals surface area contributed by atoms with Crippen LogP contribution in [0.25, 0.3) is 5.70 Å². The van der Waals surface area contributed by atoms with E-state index in [2.05, 4.69) is 0 Å². The summed E-state index contributed by atoms with van der Waals surface area (Å²) in [6, 6.07) is 4.57. The molecule has 1 aliphatic rings. The molecule has 1 heterocycles. The second-order valence-corrected chi connectivity index (χ2v) is 2.81. The summed E-state index contributed by atoms with van der Waals surface area (Å²) in [6.07, 6.45) is 0.369. The van der Waals surface area contributed by atoms with Crippen LogP contribution in [-0.2, 0) is 0 Å². The van der Waals surface area contributed by atoms with Gasteiger partial charge in [-0.3, -0.25) is 0 Å². The molecular weight excluding hydrogens is 170 g/mol. The number of hydrogen-bond donors (Lipinski definition) is 3. The lowest BCUT2D eigenvalue weighted by Crippen LogP contribution is -2.20. The van der Waals surface area contributed by atoms with Gasteiger partial charge in [0, 0.05) is 23.4 Å². The van der Waals surface area contributed by atoms with E-state index in [-0.39, 0.29) is 5.75 Å². The molecule has 2 rings (SSSR count). The van der Waals surface area contributed by atoms with Crippen LogP contribution < -0.4 is 10.5 Å². The van der Waals surface area contributed by atoms with E-state index in [0.29, 0.717) is 17.0 Å². The zero-order valence-electron chi connectivity index (χ0n) is 6.77. The summed E-state index contributed by atoms with van der Waals surface area (Å²) < 4.78 is 5.02. The SMILES string of the molecule is NC1=CC(O)Oc2cc(O)ccc21. The van der Waals surface area contributed by atoms with E-state index in [4.69, 9.17) is 20.7 Å². The second-order valence-electron chi connectivity index (χ2n) is 2.81. The molecule has 4 nitrogen and oxygen atoms in total. The maximum atomic E-state index is 9.16. The lowest BCUT2D eigenvalue weighted by atomic mass is 10.1. The third-order valence-corrected chi connectivity index (χ3v) is 1.85. The molecule has 0 saturated carbocycles. The van der Waals surface area contributed by atoms with E-state index in [1.165, 1.54) is 18.2 Å². The molecular formula is C9H9NO3. The number of hydrogen-bond acceptors (Lipinski definition) is 4. The molecule has 4 N–H and O–H groups in total. The average molecular weight is 179 g/mol. The molecule has 0 saturated heterocycles. The maximum Gasteiger partial charge on any atom is 0.219 e. The Labute approximate surface area is 74.9 Å². The Morgan fingerprint density at radius 3 is 2.92 bits per heavy atom. The molecule has 1 unspecified atom stereocenters. The van der Waals surface area contributed by atoms with Gasteiger partial charge in [-0.25, -0.2) is 0 Å². The summed E-state index contributed by atoms with van der Waals surface area (Å²) in [5.74, 6) is 0.480. The number of benzene rings is 1. The predicted octanol–water partition coefficient (Wildman–Crippen LogP) is 0.403. The molecule has 0 bridgehead atoms. The van der Waals surface area contributed by atoms with Crippen molar-refractivity contribution in [1.82, 2.24) is 0 Å². The Hall–Kier alpha value is -1.68. The van der Waals surface area contributed by atoms with Gasteiger partial charge in [-0.2, -0.15) is 0 Å². The van der Waals surface area contributed by atoms with Crippen LogP contribution in [0.15, 0.2) is 24.3 Å². The number of phenolic OH excluding ortho intramolecular Hbond substituents is 1. The van der Waals surface area contributed by atoms with Crippen molar-refractivity contribution in [3.8, 4) is 11.5 Å². The van der Waals surface area contributed by atoms with Crippen molar-refractivity contribution >= 4 is 5.70 Å². The molecule has 4 heteroatoms. The van der Waals surface area contributed by atoms with Gasteiger partial charge in [0.1, 0.15) is 11.5 Å². The van der Waals surface area contributed by atoms with Gasteiger partial charge in [0.05, 0.1) is 0 Å². The molecule has 0 fully saturated rings. The van der Waals surface area contributed by atoms with Crippen LogP contribution in [0.5, 0.6) is 11.5 Å². The van der Waals surface area contributed by atoms with Crippen LogP contribution in [0.2, 0.25) is 0 Å². The minimum atomic E-state index is -1.03. The number of fused-ring (bicyclic) bond motifs is 1. The Morgan fingerprint density at radius 1 is 1.38 bits per heavy atom. The first-order valence-electron chi connectivity index (χ1n) is 3.82. The van der Waals surface area contributed by atoms with Crippen molar-refractivity contribution in [2.75, 3.05) is 0 Å². The number of phenols is 1. The first kappa shape index (κ1) is 7.94. The molecule has 1 aliphatic heterocycles. The highest BCUT2D eigenvalue weighted by molar-refractivity contribution is 5.70.